The molecule has 0 aromatic carbocycles. The van der Waals surface area contributed by atoms with Gasteiger partial charge in [0.25, 0.3) is 0 Å². The lowest BCUT2D eigenvalue weighted by molar-refractivity contribution is 0.469. The van der Waals surface area contributed by atoms with Gasteiger partial charge in [-0.2, -0.15) is 0 Å². The molecule has 0 aromatic heterocycles. The van der Waals surface area contributed by atoms with Gasteiger partial charge in [0.15, 0.2) is 0 Å². The summed E-state index contributed by atoms with van der Waals surface area (Å²) in [5.41, 5.74) is 0. The third-order valence-corrected chi connectivity index (χ3v) is 2.50. The zero-order chi connectivity index (χ0) is 6.85. The van der Waals surface area contributed by atoms with Crippen LogP contribution in [0.3, 0.4) is 0 Å². The van der Waals surface area contributed by atoms with Gasteiger partial charge in [-0.3, -0.25) is 0 Å². The first-order chi connectivity index (χ1) is 4.29. The van der Waals surface area contributed by atoms with Gasteiger partial charge in [0, 0.05) is 6.04 Å². The topological polar surface area (TPSA) is 12.0 Å². The summed E-state index contributed by atoms with van der Waals surface area (Å²) in [6, 6.07) is 0.792. The lowest BCUT2D eigenvalue weighted by Crippen LogP contribution is -2.26. The Hall–Kier alpha value is -0.0400. The second-order valence-electron chi connectivity index (χ2n) is 3.18. The van der Waals surface area contributed by atoms with Crippen LogP contribution >= 0.6 is 0 Å². The highest BCUT2D eigenvalue weighted by molar-refractivity contribution is 4.90. The second-order valence-corrected chi connectivity index (χ2v) is 3.18. The molecule has 1 N–H and O–H groups in total. The van der Waals surface area contributed by atoms with Gasteiger partial charge in [-0.25, -0.2) is 0 Å². The summed E-state index contributed by atoms with van der Waals surface area (Å²) in [6.07, 6.45) is 2.73. The normalized spacial score (nSPS) is 36.3. The van der Waals surface area contributed by atoms with Crippen molar-refractivity contribution in [3.05, 3.63) is 0 Å². The maximum Gasteiger partial charge on any atom is 0.00923 e. The first kappa shape index (κ1) is 7.07. The SMILES string of the molecule is CC[C@@H](NC)[C@H]1C[C@@H]1C. The van der Waals surface area contributed by atoms with Gasteiger partial charge in [0.05, 0.1) is 0 Å². The van der Waals surface area contributed by atoms with Crippen LogP contribution in [0.4, 0.5) is 0 Å². The van der Waals surface area contributed by atoms with Crippen molar-refractivity contribution in [2.45, 2.75) is 32.7 Å². The van der Waals surface area contributed by atoms with Crippen LogP contribution in [-0.2, 0) is 0 Å². The maximum atomic E-state index is 3.34. The largest absolute Gasteiger partial charge is 0.317 e. The second kappa shape index (κ2) is 2.70. The summed E-state index contributed by atoms with van der Waals surface area (Å²) in [7, 11) is 2.07. The van der Waals surface area contributed by atoms with Gasteiger partial charge >= 0.3 is 0 Å². The Bertz CT molecular complexity index is 86.6. The van der Waals surface area contributed by atoms with E-state index in [-0.39, 0.29) is 0 Å². The quantitative estimate of drug-likeness (QED) is 0.607. The lowest BCUT2D eigenvalue weighted by atomic mass is 10.1. The molecule has 1 saturated carbocycles. The Morgan fingerprint density at radius 2 is 2.22 bits per heavy atom. The van der Waals surface area contributed by atoms with Gasteiger partial charge < -0.3 is 5.32 Å². The average Bonchev–Trinajstić information content (AvgIpc) is 2.51. The van der Waals surface area contributed by atoms with Gasteiger partial charge in [-0.15, -0.1) is 0 Å². The highest BCUT2D eigenvalue weighted by Gasteiger charge is 2.37. The smallest absolute Gasteiger partial charge is 0.00923 e. The molecule has 0 radical (unpaired) electrons. The summed E-state index contributed by atoms with van der Waals surface area (Å²) in [6.45, 7) is 4.59. The van der Waals surface area contributed by atoms with Crippen LogP contribution in [-0.4, -0.2) is 13.1 Å². The van der Waals surface area contributed by atoms with Crippen LogP contribution in [0.25, 0.3) is 0 Å². The summed E-state index contributed by atoms with van der Waals surface area (Å²) >= 11 is 0. The Kier molecular flexibility index (Phi) is 2.12. The van der Waals surface area contributed by atoms with Crippen LogP contribution in [0.1, 0.15) is 26.7 Å². The van der Waals surface area contributed by atoms with Gasteiger partial charge in [0.2, 0.25) is 0 Å². The van der Waals surface area contributed by atoms with E-state index < -0.39 is 0 Å². The van der Waals surface area contributed by atoms with Crippen molar-refractivity contribution in [1.29, 1.82) is 0 Å². The molecular weight excluding hydrogens is 110 g/mol. The molecule has 0 spiro atoms. The average molecular weight is 127 g/mol. The van der Waals surface area contributed by atoms with Crippen LogP contribution in [0.5, 0.6) is 0 Å². The van der Waals surface area contributed by atoms with E-state index in [0.717, 1.165) is 17.9 Å². The molecule has 9 heavy (non-hydrogen) atoms. The summed E-state index contributed by atoms with van der Waals surface area (Å²) in [4.78, 5) is 0. The van der Waals surface area contributed by atoms with Crippen molar-refractivity contribution < 1.29 is 0 Å². The summed E-state index contributed by atoms with van der Waals surface area (Å²) < 4.78 is 0. The fourth-order valence-electron chi connectivity index (χ4n) is 1.63. The third-order valence-electron chi connectivity index (χ3n) is 2.50. The molecule has 1 rings (SSSR count). The Morgan fingerprint density at radius 3 is 2.33 bits per heavy atom. The Balaban J connectivity index is 2.23. The van der Waals surface area contributed by atoms with E-state index in [4.69, 9.17) is 0 Å². The minimum Gasteiger partial charge on any atom is -0.317 e. The minimum absolute atomic E-state index is 0.792. The number of nitrogens with one attached hydrogen (secondary N) is 1. The van der Waals surface area contributed by atoms with E-state index in [0.29, 0.717) is 0 Å². The van der Waals surface area contributed by atoms with Gasteiger partial charge in [-0.1, -0.05) is 13.8 Å². The molecule has 0 heterocycles. The highest BCUT2D eigenvalue weighted by Crippen LogP contribution is 2.41. The van der Waals surface area contributed by atoms with Crippen molar-refractivity contribution >= 4 is 0 Å². The number of hydrogen-bond acceptors (Lipinski definition) is 1. The summed E-state index contributed by atoms with van der Waals surface area (Å²) in [5.74, 6) is 1.97. The first-order valence-corrected chi connectivity index (χ1v) is 3.96. The number of rotatable bonds is 3. The van der Waals surface area contributed by atoms with Crippen LogP contribution in [0.2, 0.25) is 0 Å². The van der Waals surface area contributed by atoms with E-state index in [1.807, 2.05) is 0 Å². The molecule has 1 aliphatic rings. The van der Waals surface area contributed by atoms with Crippen molar-refractivity contribution in [2.24, 2.45) is 11.8 Å². The molecule has 1 fully saturated rings. The third kappa shape index (κ3) is 1.45. The monoisotopic (exact) mass is 127 g/mol. The zero-order valence-electron chi connectivity index (χ0n) is 6.65. The Morgan fingerprint density at radius 1 is 1.67 bits per heavy atom. The van der Waals surface area contributed by atoms with Crippen molar-refractivity contribution in [3.8, 4) is 0 Å². The van der Waals surface area contributed by atoms with Crippen LogP contribution < -0.4 is 5.32 Å². The van der Waals surface area contributed by atoms with E-state index in [1.165, 1.54) is 12.8 Å². The molecule has 0 amide bonds. The number of hydrogen-bond donors (Lipinski definition) is 1. The van der Waals surface area contributed by atoms with E-state index >= 15 is 0 Å². The molecule has 1 aliphatic carbocycles. The maximum absolute atomic E-state index is 3.34. The Labute approximate surface area is 57.8 Å². The molecule has 54 valence electrons. The molecule has 1 nitrogen and oxygen atoms in total. The molecule has 0 aromatic rings. The van der Waals surface area contributed by atoms with Gasteiger partial charge in [-0.05, 0) is 31.7 Å². The fourth-order valence-corrected chi connectivity index (χ4v) is 1.63. The first-order valence-electron chi connectivity index (χ1n) is 3.96. The van der Waals surface area contributed by atoms with Crippen LogP contribution in [0.15, 0.2) is 0 Å². The molecule has 3 atom stereocenters. The molecule has 0 bridgehead atoms. The van der Waals surface area contributed by atoms with Crippen molar-refractivity contribution in [1.82, 2.24) is 5.32 Å². The lowest BCUT2D eigenvalue weighted by Gasteiger charge is -2.11. The molecule has 0 aliphatic heterocycles. The summed E-state index contributed by atoms with van der Waals surface area (Å²) in [5, 5.41) is 3.34. The molecule has 1 heteroatoms. The standard InChI is InChI=1S/C8H17N/c1-4-8(9-3)7-5-6(7)2/h6-9H,4-5H2,1-3H3/t6-,7-,8+/m0/s1. The molecular formula is C8H17N. The van der Waals surface area contributed by atoms with Crippen LogP contribution in [0, 0.1) is 11.8 Å². The van der Waals surface area contributed by atoms with E-state index in [1.54, 1.807) is 0 Å². The predicted molar refractivity (Wildman–Crippen MR) is 40.4 cm³/mol. The van der Waals surface area contributed by atoms with E-state index in [2.05, 4.69) is 26.2 Å². The zero-order valence-corrected chi connectivity index (χ0v) is 6.65. The molecule has 0 saturated heterocycles. The van der Waals surface area contributed by atoms with E-state index in [9.17, 15) is 0 Å². The van der Waals surface area contributed by atoms with Gasteiger partial charge in [0.1, 0.15) is 0 Å². The fraction of sp³-hybridized carbons (Fsp3) is 1.00. The highest BCUT2D eigenvalue weighted by atomic mass is 14.9. The molecule has 0 unspecified atom stereocenters. The van der Waals surface area contributed by atoms with Crippen molar-refractivity contribution in [3.63, 3.8) is 0 Å². The van der Waals surface area contributed by atoms with Crippen molar-refractivity contribution in [2.75, 3.05) is 7.05 Å². The minimum atomic E-state index is 0.792. The predicted octanol–water partition coefficient (Wildman–Crippen LogP) is 1.64.